The lowest BCUT2D eigenvalue weighted by Gasteiger charge is -2.31. The van der Waals surface area contributed by atoms with E-state index in [0.29, 0.717) is 21.8 Å². The predicted molar refractivity (Wildman–Crippen MR) is 83.1 cm³/mol. The van der Waals surface area contributed by atoms with E-state index < -0.39 is 16.6 Å². The first-order valence-electron chi connectivity index (χ1n) is 6.35. The number of Topliss-reactive ketones (excluding diaryl/α,β-unsaturated/α-hetero) is 1. The van der Waals surface area contributed by atoms with Gasteiger partial charge in [-0.2, -0.15) is 0 Å². The van der Waals surface area contributed by atoms with Crippen molar-refractivity contribution in [2.75, 3.05) is 5.32 Å². The zero-order chi connectivity index (χ0) is 15.2. The van der Waals surface area contributed by atoms with Gasteiger partial charge in [-0.05, 0) is 30.7 Å². The summed E-state index contributed by atoms with van der Waals surface area (Å²) in [6, 6.07) is 11.8. The van der Waals surface area contributed by atoms with Gasteiger partial charge >= 0.3 is 0 Å². The Morgan fingerprint density at radius 3 is 2.57 bits per heavy atom. The number of fused-ring (bicyclic) bond motifs is 1. The van der Waals surface area contributed by atoms with Crippen molar-refractivity contribution < 1.29 is 9.59 Å². The number of rotatable bonds is 1. The van der Waals surface area contributed by atoms with E-state index in [1.54, 1.807) is 30.3 Å². The summed E-state index contributed by atoms with van der Waals surface area (Å²) in [5, 5.41) is 3.09. The SMILES string of the molecule is Cc1cccc(C2(Cl)C(=O)Nc3ccc(Cl)cc3C2=O)c1. The van der Waals surface area contributed by atoms with Crippen molar-refractivity contribution in [3.63, 3.8) is 0 Å². The Bertz CT molecular complexity index is 773. The standard InChI is InChI=1S/C16H11Cl2NO2/c1-9-3-2-4-10(7-9)16(18)14(20)12-8-11(17)5-6-13(12)19-15(16)21/h2-8H,1H3,(H,19,21). The number of hydrogen-bond acceptors (Lipinski definition) is 2. The molecule has 0 aromatic heterocycles. The van der Waals surface area contributed by atoms with Crippen LogP contribution in [0.4, 0.5) is 5.69 Å². The summed E-state index contributed by atoms with van der Waals surface area (Å²) in [4.78, 5) is 23.4. The number of alkyl halides is 1. The highest BCUT2D eigenvalue weighted by Gasteiger charge is 2.50. The molecule has 3 rings (SSSR count). The topological polar surface area (TPSA) is 46.2 Å². The number of nitrogens with one attached hydrogen (secondary N) is 1. The maximum absolute atomic E-state index is 12.8. The first-order valence-corrected chi connectivity index (χ1v) is 7.10. The molecule has 1 heterocycles. The molecular weight excluding hydrogens is 309 g/mol. The molecule has 21 heavy (non-hydrogen) atoms. The lowest BCUT2D eigenvalue weighted by molar-refractivity contribution is -0.117. The molecule has 106 valence electrons. The number of amides is 1. The van der Waals surface area contributed by atoms with Crippen molar-refractivity contribution in [1.82, 2.24) is 0 Å². The second-order valence-corrected chi connectivity index (χ2v) is 6.00. The van der Waals surface area contributed by atoms with Crippen LogP contribution in [0.15, 0.2) is 42.5 Å². The highest BCUT2D eigenvalue weighted by atomic mass is 35.5. The maximum atomic E-state index is 12.8. The van der Waals surface area contributed by atoms with E-state index in [1.165, 1.54) is 6.07 Å². The van der Waals surface area contributed by atoms with Crippen LogP contribution in [0.25, 0.3) is 0 Å². The highest BCUT2D eigenvalue weighted by molar-refractivity contribution is 6.51. The fourth-order valence-corrected chi connectivity index (χ4v) is 2.87. The summed E-state index contributed by atoms with van der Waals surface area (Å²) in [5.41, 5.74) is 2.12. The molecule has 1 unspecified atom stereocenters. The van der Waals surface area contributed by atoms with Gasteiger partial charge in [0.25, 0.3) is 5.91 Å². The Morgan fingerprint density at radius 2 is 1.86 bits per heavy atom. The molecule has 1 atom stereocenters. The van der Waals surface area contributed by atoms with Crippen molar-refractivity contribution >= 4 is 40.6 Å². The largest absolute Gasteiger partial charge is 0.323 e. The summed E-state index contributed by atoms with van der Waals surface area (Å²) in [6.45, 7) is 1.87. The quantitative estimate of drug-likeness (QED) is 0.639. The van der Waals surface area contributed by atoms with Crippen LogP contribution in [0.5, 0.6) is 0 Å². The molecule has 0 saturated heterocycles. The summed E-state index contributed by atoms with van der Waals surface area (Å²) >= 11 is 12.4. The van der Waals surface area contributed by atoms with Gasteiger partial charge in [0.2, 0.25) is 4.87 Å². The zero-order valence-electron chi connectivity index (χ0n) is 11.1. The minimum atomic E-state index is -1.76. The Morgan fingerprint density at radius 1 is 1.10 bits per heavy atom. The van der Waals surface area contributed by atoms with Crippen LogP contribution in [0.2, 0.25) is 5.02 Å². The Hall–Kier alpha value is -1.84. The van der Waals surface area contributed by atoms with E-state index >= 15 is 0 Å². The summed E-state index contributed by atoms with van der Waals surface area (Å²) in [5.74, 6) is -1.01. The average Bonchev–Trinajstić information content (AvgIpc) is 2.46. The van der Waals surface area contributed by atoms with E-state index in [2.05, 4.69) is 5.32 Å². The second-order valence-electron chi connectivity index (χ2n) is 5.00. The number of halogens is 2. The molecule has 3 nitrogen and oxygen atoms in total. The molecule has 0 spiro atoms. The van der Waals surface area contributed by atoms with Gasteiger partial charge in [-0.1, -0.05) is 53.0 Å². The Balaban J connectivity index is 2.20. The smallest absolute Gasteiger partial charge is 0.258 e. The van der Waals surface area contributed by atoms with Crippen LogP contribution in [0, 0.1) is 6.92 Å². The maximum Gasteiger partial charge on any atom is 0.258 e. The molecule has 0 radical (unpaired) electrons. The van der Waals surface area contributed by atoms with Crippen LogP contribution in [0.1, 0.15) is 21.5 Å². The van der Waals surface area contributed by atoms with Crippen molar-refractivity contribution in [1.29, 1.82) is 0 Å². The van der Waals surface area contributed by atoms with E-state index in [1.807, 2.05) is 13.0 Å². The molecule has 1 aliphatic rings. The van der Waals surface area contributed by atoms with E-state index in [9.17, 15) is 9.59 Å². The number of anilines is 1. The third-order valence-corrected chi connectivity index (χ3v) is 4.31. The molecule has 2 aromatic rings. The Labute approximate surface area is 131 Å². The highest BCUT2D eigenvalue weighted by Crippen LogP contribution is 2.40. The normalized spacial score (nSPS) is 20.9. The molecule has 2 aromatic carbocycles. The third kappa shape index (κ3) is 2.13. The van der Waals surface area contributed by atoms with Crippen LogP contribution >= 0.6 is 23.2 Å². The predicted octanol–water partition coefficient (Wildman–Crippen LogP) is 3.92. The first-order chi connectivity index (χ1) is 9.92. The van der Waals surface area contributed by atoms with Gasteiger partial charge in [0, 0.05) is 10.6 Å². The van der Waals surface area contributed by atoms with Crippen LogP contribution in [-0.2, 0) is 9.67 Å². The van der Waals surface area contributed by atoms with Crippen LogP contribution in [0.3, 0.4) is 0 Å². The molecule has 0 bridgehead atoms. The average molecular weight is 320 g/mol. The van der Waals surface area contributed by atoms with Crippen molar-refractivity contribution in [2.45, 2.75) is 11.8 Å². The van der Waals surface area contributed by atoms with Crippen molar-refractivity contribution in [3.8, 4) is 0 Å². The molecule has 0 aliphatic carbocycles. The van der Waals surface area contributed by atoms with Crippen LogP contribution in [-0.4, -0.2) is 11.7 Å². The van der Waals surface area contributed by atoms with Crippen molar-refractivity contribution in [2.24, 2.45) is 0 Å². The molecular formula is C16H11Cl2NO2. The molecule has 1 N–H and O–H groups in total. The van der Waals surface area contributed by atoms with Gasteiger partial charge in [-0.15, -0.1) is 0 Å². The summed E-state index contributed by atoms with van der Waals surface area (Å²) in [7, 11) is 0. The van der Waals surface area contributed by atoms with E-state index in [4.69, 9.17) is 23.2 Å². The first kappa shape index (κ1) is 14.1. The summed E-state index contributed by atoms with van der Waals surface area (Å²) < 4.78 is 0. The number of carbonyl (C=O) groups is 2. The number of carbonyl (C=O) groups excluding carboxylic acids is 2. The molecule has 0 saturated carbocycles. The molecule has 5 heteroatoms. The number of aryl methyl sites for hydroxylation is 1. The van der Waals surface area contributed by atoms with Gasteiger partial charge in [-0.25, -0.2) is 0 Å². The monoisotopic (exact) mass is 319 g/mol. The fourth-order valence-electron chi connectivity index (χ4n) is 2.43. The summed E-state index contributed by atoms with van der Waals surface area (Å²) in [6.07, 6.45) is 0. The minimum absolute atomic E-state index is 0.318. The fraction of sp³-hybridized carbons (Fsp3) is 0.125. The number of hydrogen-bond donors (Lipinski definition) is 1. The number of ketones is 1. The van der Waals surface area contributed by atoms with Gasteiger partial charge in [0.1, 0.15) is 0 Å². The zero-order valence-corrected chi connectivity index (χ0v) is 12.6. The minimum Gasteiger partial charge on any atom is -0.323 e. The van der Waals surface area contributed by atoms with Gasteiger partial charge in [-0.3, -0.25) is 9.59 Å². The molecule has 1 amide bonds. The third-order valence-electron chi connectivity index (χ3n) is 3.52. The van der Waals surface area contributed by atoms with Gasteiger partial charge in [0.05, 0.1) is 5.69 Å². The van der Waals surface area contributed by atoms with Gasteiger partial charge < -0.3 is 5.32 Å². The van der Waals surface area contributed by atoms with E-state index in [-0.39, 0.29) is 0 Å². The lowest BCUT2D eigenvalue weighted by Crippen LogP contribution is -2.46. The van der Waals surface area contributed by atoms with Crippen LogP contribution < -0.4 is 5.32 Å². The lowest BCUT2D eigenvalue weighted by atomic mass is 9.85. The van der Waals surface area contributed by atoms with Gasteiger partial charge in [0.15, 0.2) is 5.78 Å². The van der Waals surface area contributed by atoms with Crippen molar-refractivity contribution in [3.05, 3.63) is 64.2 Å². The van der Waals surface area contributed by atoms with E-state index in [0.717, 1.165) is 5.56 Å². The molecule has 0 fully saturated rings. The Kier molecular flexibility index (Phi) is 3.27. The molecule has 1 aliphatic heterocycles. The second kappa shape index (κ2) is 4.86. The number of benzene rings is 2.